The fourth-order valence-electron chi connectivity index (χ4n) is 1.19. The molecule has 0 saturated carbocycles. The van der Waals surface area contributed by atoms with Gasteiger partial charge in [0.2, 0.25) is 0 Å². The fraction of sp³-hybridized carbons (Fsp3) is 0.364. The van der Waals surface area contributed by atoms with Gasteiger partial charge in [0.1, 0.15) is 5.75 Å². The lowest BCUT2D eigenvalue weighted by atomic mass is 10.2. The Balaban J connectivity index is 2.50. The van der Waals surface area contributed by atoms with E-state index in [0.29, 0.717) is 23.0 Å². The van der Waals surface area contributed by atoms with E-state index in [1.54, 1.807) is 12.1 Å². The van der Waals surface area contributed by atoms with E-state index in [2.05, 4.69) is 21.2 Å². The van der Waals surface area contributed by atoms with Gasteiger partial charge in [-0.3, -0.25) is 4.79 Å². The highest BCUT2D eigenvalue weighted by atomic mass is 79.9. The Morgan fingerprint density at radius 1 is 1.38 bits per heavy atom. The maximum atomic E-state index is 11.6. The highest BCUT2D eigenvalue weighted by molar-refractivity contribution is 9.10. The van der Waals surface area contributed by atoms with Crippen molar-refractivity contribution in [3.05, 3.63) is 28.2 Å². The molecule has 1 rings (SSSR count). The van der Waals surface area contributed by atoms with Crippen molar-refractivity contribution in [3.63, 3.8) is 0 Å². The zero-order valence-corrected chi connectivity index (χ0v) is 10.3. The zero-order chi connectivity index (χ0) is 12.0. The van der Waals surface area contributed by atoms with Crippen molar-refractivity contribution in [2.75, 3.05) is 13.2 Å². The van der Waals surface area contributed by atoms with E-state index in [1.807, 2.05) is 0 Å². The van der Waals surface area contributed by atoms with Gasteiger partial charge in [0.25, 0.3) is 5.91 Å². The molecule has 0 unspecified atom stereocenters. The average molecular weight is 288 g/mol. The zero-order valence-electron chi connectivity index (χ0n) is 8.74. The third-order valence-electron chi connectivity index (χ3n) is 2.08. The fourth-order valence-corrected chi connectivity index (χ4v) is 1.44. The lowest BCUT2D eigenvalue weighted by Gasteiger charge is -2.05. The highest BCUT2D eigenvalue weighted by Crippen LogP contribution is 2.24. The summed E-state index contributed by atoms with van der Waals surface area (Å²) in [5.74, 6) is -0.177. The number of nitrogens with one attached hydrogen (secondary N) is 1. The van der Waals surface area contributed by atoms with Crippen LogP contribution in [0.5, 0.6) is 5.75 Å². The molecule has 0 aliphatic carbocycles. The molecule has 0 radical (unpaired) electrons. The summed E-state index contributed by atoms with van der Waals surface area (Å²) in [5, 5.41) is 20.7. The molecule has 88 valence electrons. The van der Waals surface area contributed by atoms with Gasteiger partial charge in [0.05, 0.1) is 4.47 Å². The molecule has 0 atom stereocenters. The standard InChI is InChI=1S/C11H14BrNO3/c12-9-4-3-8(7-10(9)15)11(16)13-5-1-2-6-14/h3-4,7,14-15H,1-2,5-6H2,(H,13,16). The topological polar surface area (TPSA) is 69.6 Å². The number of hydrogen-bond acceptors (Lipinski definition) is 3. The minimum atomic E-state index is -0.222. The predicted octanol–water partition coefficient (Wildman–Crippen LogP) is 1.66. The van der Waals surface area contributed by atoms with Crippen LogP contribution < -0.4 is 5.32 Å². The molecule has 0 fully saturated rings. The van der Waals surface area contributed by atoms with Crippen LogP contribution in [0.4, 0.5) is 0 Å². The van der Waals surface area contributed by atoms with Gasteiger partial charge in [-0.05, 0) is 47.0 Å². The number of unbranched alkanes of at least 4 members (excludes halogenated alkanes) is 1. The summed E-state index contributed by atoms with van der Waals surface area (Å²) in [7, 11) is 0. The number of amides is 1. The van der Waals surface area contributed by atoms with Gasteiger partial charge in [-0.25, -0.2) is 0 Å². The Morgan fingerprint density at radius 2 is 2.12 bits per heavy atom. The van der Waals surface area contributed by atoms with Crippen LogP contribution in [0.15, 0.2) is 22.7 Å². The van der Waals surface area contributed by atoms with Crippen LogP contribution in [0.25, 0.3) is 0 Å². The summed E-state index contributed by atoms with van der Waals surface area (Å²) < 4.78 is 0.560. The number of carbonyl (C=O) groups is 1. The van der Waals surface area contributed by atoms with Crippen molar-refractivity contribution in [2.45, 2.75) is 12.8 Å². The van der Waals surface area contributed by atoms with Crippen LogP contribution in [0.1, 0.15) is 23.2 Å². The summed E-state index contributed by atoms with van der Waals surface area (Å²) in [6, 6.07) is 4.66. The van der Waals surface area contributed by atoms with Crippen molar-refractivity contribution >= 4 is 21.8 Å². The largest absolute Gasteiger partial charge is 0.507 e. The third kappa shape index (κ3) is 3.83. The van der Waals surface area contributed by atoms with Gasteiger partial charge >= 0.3 is 0 Å². The van der Waals surface area contributed by atoms with Crippen LogP contribution >= 0.6 is 15.9 Å². The number of carbonyl (C=O) groups excluding carboxylic acids is 1. The summed E-state index contributed by atoms with van der Waals surface area (Å²) in [5.41, 5.74) is 0.421. The molecule has 0 aliphatic rings. The molecular formula is C11H14BrNO3. The lowest BCUT2D eigenvalue weighted by Crippen LogP contribution is -2.24. The van der Waals surface area contributed by atoms with Crippen molar-refractivity contribution in [1.82, 2.24) is 5.32 Å². The maximum Gasteiger partial charge on any atom is 0.251 e. The van der Waals surface area contributed by atoms with Crippen molar-refractivity contribution < 1.29 is 15.0 Å². The van der Waals surface area contributed by atoms with E-state index in [0.717, 1.165) is 6.42 Å². The maximum absolute atomic E-state index is 11.6. The summed E-state index contributed by atoms with van der Waals surface area (Å²) in [6.07, 6.45) is 1.41. The number of aromatic hydroxyl groups is 1. The Bertz CT molecular complexity index is 368. The molecule has 1 amide bonds. The van der Waals surface area contributed by atoms with E-state index in [9.17, 15) is 9.90 Å². The number of halogens is 1. The number of benzene rings is 1. The first-order valence-corrected chi connectivity index (χ1v) is 5.82. The Morgan fingerprint density at radius 3 is 2.75 bits per heavy atom. The Kier molecular flexibility index (Phi) is 5.28. The van der Waals surface area contributed by atoms with Gasteiger partial charge < -0.3 is 15.5 Å². The first-order valence-electron chi connectivity index (χ1n) is 5.02. The molecule has 3 N–H and O–H groups in total. The molecule has 5 heteroatoms. The normalized spacial score (nSPS) is 10.1. The van der Waals surface area contributed by atoms with Gasteiger partial charge in [-0.15, -0.1) is 0 Å². The van der Waals surface area contributed by atoms with Crippen LogP contribution in [-0.2, 0) is 0 Å². The van der Waals surface area contributed by atoms with Gasteiger partial charge in [0.15, 0.2) is 0 Å². The molecule has 16 heavy (non-hydrogen) atoms. The second-order valence-corrected chi connectivity index (χ2v) is 4.21. The number of rotatable bonds is 5. The number of hydrogen-bond donors (Lipinski definition) is 3. The van der Waals surface area contributed by atoms with Gasteiger partial charge in [-0.1, -0.05) is 0 Å². The molecule has 0 spiro atoms. The smallest absolute Gasteiger partial charge is 0.251 e. The summed E-state index contributed by atoms with van der Waals surface area (Å²) >= 11 is 3.14. The summed E-state index contributed by atoms with van der Waals surface area (Å²) in [6.45, 7) is 0.658. The first-order chi connectivity index (χ1) is 7.65. The molecule has 1 aromatic carbocycles. The van der Waals surface area contributed by atoms with Crippen LogP contribution in [0.2, 0.25) is 0 Å². The third-order valence-corrected chi connectivity index (χ3v) is 2.75. The van der Waals surface area contributed by atoms with E-state index in [4.69, 9.17) is 5.11 Å². The van der Waals surface area contributed by atoms with Gasteiger partial charge in [0, 0.05) is 18.7 Å². The number of phenolic OH excluding ortho intramolecular Hbond substituents is 1. The number of phenols is 1. The van der Waals surface area contributed by atoms with E-state index in [1.165, 1.54) is 6.07 Å². The molecule has 0 saturated heterocycles. The SMILES string of the molecule is O=C(NCCCCO)c1ccc(Br)c(O)c1. The molecule has 0 bridgehead atoms. The van der Waals surface area contributed by atoms with E-state index in [-0.39, 0.29) is 18.3 Å². The van der Waals surface area contributed by atoms with Crippen molar-refractivity contribution in [3.8, 4) is 5.75 Å². The molecule has 1 aromatic rings. The average Bonchev–Trinajstić information content (AvgIpc) is 2.28. The molecule has 0 heterocycles. The first kappa shape index (κ1) is 13.0. The van der Waals surface area contributed by atoms with E-state index < -0.39 is 0 Å². The molecule has 0 aromatic heterocycles. The monoisotopic (exact) mass is 287 g/mol. The van der Waals surface area contributed by atoms with Crippen LogP contribution in [0, 0.1) is 0 Å². The minimum absolute atomic E-state index is 0.0445. The number of aliphatic hydroxyl groups is 1. The van der Waals surface area contributed by atoms with Crippen molar-refractivity contribution in [2.24, 2.45) is 0 Å². The van der Waals surface area contributed by atoms with Crippen molar-refractivity contribution in [1.29, 1.82) is 0 Å². The lowest BCUT2D eigenvalue weighted by molar-refractivity contribution is 0.0951. The highest BCUT2D eigenvalue weighted by Gasteiger charge is 2.07. The quantitative estimate of drug-likeness (QED) is 0.722. The molecule has 0 aliphatic heterocycles. The Hall–Kier alpha value is -1.07. The molecular weight excluding hydrogens is 274 g/mol. The number of aliphatic hydroxyl groups excluding tert-OH is 1. The van der Waals surface area contributed by atoms with Crippen LogP contribution in [0.3, 0.4) is 0 Å². The predicted molar refractivity (Wildman–Crippen MR) is 64.5 cm³/mol. The molecule has 4 nitrogen and oxygen atoms in total. The summed E-state index contributed by atoms with van der Waals surface area (Å²) in [4.78, 5) is 11.6. The second-order valence-electron chi connectivity index (χ2n) is 3.35. The second kappa shape index (κ2) is 6.50. The van der Waals surface area contributed by atoms with E-state index >= 15 is 0 Å². The van der Waals surface area contributed by atoms with Crippen LogP contribution in [-0.4, -0.2) is 29.3 Å². The Labute approximate surface area is 102 Å². The minimum Gasteiger partial charge on any atom is -0.507 e. The van der Waals surface area contributed by atoms with Gasteiger partial charge in [-0.2, -0.15) is 0 Å².